The van der Waals surface area contributed by atoms with Crippen LogP contribution in [0.4, 0.5) is 11.4 Å². The molecule has 0 unspecified atom stereocenters. The van der Waals surface area contributed by atoms with Crippen LogP contribution in [0, 0.1) is 10.4 Å². The zero-order valence-corrected chi connectivity index (χ0v) is 15.2. The Morgan fingerprint density at radius 1 is 1.03 bits per heavy atom. The first-order valence-corrected chi connectivity index (χ1v) is 8.86. The summed E-state index contributed by atoms with van der Waals surface area (Å²) in [6, 6.07) is 14.8. The second-order valence-electron chi connectivity index (χ2n) is 6.69. The quantitative estimate of drug-likeness (QED) is 0.643. The zero-order valence-electron chi connectivity index (χ0n) is 15.2. The number of hydrogen-bond acceptors (Lipinski definition) is 8. The van der Waals surface area contributed by atoms with Crippen molar-refractivity contribution in [3.8, 4) is 11.3 Å². The van der Waals surface area contributed by atoms with Gasteiger partial charge in [-0.25, -0.2) is 0 Å². The lowest BCUT2D eigenvalue weighted by Crippen LogP contribution is -2.35. The van der Waals surface area contributed by atoms with Gasteiger partial charge in [0.25, 0.3) is 5.91 Å². The Balaban J connectivity index is 1.60. The van der Waals surface area contributed by atoms with E-state index >= 15 is 0 Å². The highest BCUT2D eigenvalue weighted by Crippen LogP contribution is 2.31. The lowest BCUT2D eigenvalue weighted by molar-refractivity contribution is 0.0291. The van der Waals surface area contributed by atoms with Gasteiger partial charge in [0.05, 0.1) is 12.2 Å². The van der Waals surface area contributed by atoms with Gasteiger partial charge in [0.1, 0.15) is 11.5 Å². The largest absolute Gasteiger partial charge is 0.769 e. The van der Waals surface area contributed by atoms with E-state index in [2.05, 4.69) is 0 Å². The van der Waals surface area contributed by atoms with E-state index in [9.17, 15) is 25.6 Å². The van der Waals surface area contributed by atoms with Crippen LogP contribution in [0.15, 0.2) is 59.0 Å². The summed E-state index contributed by atoms with van der Waals surface area (Å²) < 4.78 is 5.94. The second kappa shape index (κ2) is 7.57. The number of nitrogens with zero attached hydrogens (tertiary/aromatic N) is 3. The Morgan fingerprint density at radius 3 is 2.45 bits per heavy atom. The van der Waals surface area contributed by atoms with Crippen LogP contribution in [0.5, 0.6) is 0 Å². The molecule has 1 amide bonds. The van der Waals surface area contributed by atoms with Gasteiger partial charge in [-0.05, 0) is 36.2 Å². The van der Waals surface area contributed by atoms with E-state index in [1.54, 1.807) is 0 Å². The van der Waals surface area contributed by atoms with Crippen LogP contribution in [0.3, 0.4) is 0 Å². The summed E-state index contributed by atoms with van der Waals surface area (Å²) in [6.07, 6.45) is 0.589. The Bertz CT molecular complexity index is 1010. The van der Waals surface area contributed by atoms with Crippen molar-refractivity contribution in [1.29, 1.82) is 0 Å². The topological polar surface area (TPSA) is 127 Å². The summed E-state index contributed by atoms with van der Waals surface area (Å²) in [7, 11) is 0. The molecule has 0 radical (unpaired) electrons. The maximum atomic E-state index is 12.9. The third kappa shape index (κ3) is 3.80. The average molecular weight is 395 g/mol. The third-order valence-electron chi connectivity index (χ3n) is 4.82. The molecule has 0 saturated heterocycles. The zero-order chi connectivity index (χ0) is 20.5. The van der Waals surface area contributed by atoms with E-state index in [0.717, 1.165) is 29.0 Å². The molecule has 0 saturated carbocycles. The van der Waals surface area contributed by atoms with Gasteiger partial charge >= 0.3 is 0 Å². The number of rotatable bonds is 4. The highest BCUT2D eigenvalue weighted by atomic mass is 16.8. The molecule has 9 nitrogen and oxygen atoms in total. The van der Waals surface area contributed by atoms with Gasteiger partial charge in [-0.1, -0.05) is 30.3 Å². The molecule has 3 aromatic rings. The second-order valence-corrected chi connectivity index (χ2v) is 6.69. The monoisotopic (exact) mass is 395 g/mol. The molecule has 29 heavy (non-hydrogen) atoms. The van der Waals surface area contributed by atoms with Crippen LogP contribution in [-0.2, 0) is 13.0 Å². The fraction of sp³-hybridized carbons (Fsp3) is 0.150. The summed E-state index contributed by atoms with van der Waals surface area (Å²) in [5, 5.41) is 39.7. The number of furan rings is 1. The number of anilines is 2. The molecule has 1 aromatic heterocycles. The van der Waals surface area contributed by atoms with Crippen molar-refractivity contribution in [2.75, 3.05) is 17.0 Å². The first-order valence-electron chi connectivity index (χ1n) is 8.86. The van der Waals surface area contributed by atoms with Crippen molar-refractivity contribution >= 4 is 17.3 Å². The van der Waals surface area contributed by atoms with E-state index < -0.39 is 16.8 Å². The minimum Gasteiger partial charge on any atom is -0.769 e. The molecular formula is C20H17N3O6-2. The summed E-state index contributed by atoms with van der Waals surface area (Å²) in [6.45, 7) is 0.639. The first kappa shape index (κ1) is 19.0. The molecule has 0 fully saturated rings. The van der Waals surface area contributed by atoms with Crippen molar-refractivity contribution < 1.29 is 19.6 Å². The molecule has 0 spiro atoms. The molecule has 9 heteroatoms. The Morgan fingerprint density at radius 2 is 1.76 bits per heavy atom. The smallest absolute Gasteiger partial charge is 0.254 e. The van der Waals surface area contributed by atoms with Gasteiger partial charge in [-0.3, -0.25) is 15.2 Å². The number of carbonyl (C=O) groups excluding carboxylic acids is 1. The van der Waals surface area contributed by atoms with E-state index in [1.807, 2.05) is 36.4 Å². The fourth-order valence-corrected chi connectivity index (χ4v) is 3.36. The van der Waals surface area contributed by atoms with Gasteiger partial charge in [0.2, 0.25) is 0 Å². The SMILES string of the molecule is O=C(c1cc(N([O-])[O-])cc(N(O)O)c1)N1CCc2cc(-c3ccccc3)oc2C1. The highest BCUT2D eigenvalue weighted by Gasteiger charge is 2.26. The number of fused-ring (bicyclic) bond motifs is 1. The Kier molecular flexibility index (Phi) is 4.95. The van der Waals surface area contributed by atoms with Crippen LogP contribution in [0.25, 0.3) is 11.3 Å². The predicted molar refractivity (Wildman–Crippen MR) is 104 cm³/mol. The standard InChI is InChI=1S/C20H17N3O6/c24-20(15-8-16(22(25)26)11-17(9-15)23(27)28)21-7-6-14-10-18(29-19(14)12-21)13-4-2-1-3-5-13/h1-5,8-11,25-26H,6-7,12H2/q-2. The lowest BCUT2D eigenvalue weighted by atomic mass is 10.0. The molecule has 1 aliphatic rings. The van der Waals surface area contributed by atoms with Crippen LogP contribution < -0.4 is 10.5 Å². The van der Waals surface area contributed by atoms with Crippen LogP contribution in [0.1, 0.15) is 21.7 Å². The van der Waals surface area contributed by atoms with E-state index in [4.69, 9.17) is 4.42 Å². The fourth-order valence-electron chi connectivity index (χ4n) is 3.36. The van der Waals surface area contributed by atoms with E-state index in [0.29, 0.717) is 18.7 Å². The van der Waals surface area contributed by atoms with Gasteiger partial charge in [0.15, 0.2) is 0 Å². The van der Waals surface area contributed by atoms with Crippen molar-refractivity contribution in [1.82, 2.24) is 4.90 Å². The Labute approximate surface area is 165 Å². The minimum atomic E-state index is -0.698. The van der Waals surface area contributed by atoms with E-state index in [1.165, 1.54) is 11.0 Å². The molecule has 4 rings (SSSR count). The van der Waals surface area contributed by atoms with Gasteiger partial charge in [-0.15, -0.1) is 5.23 Å². The summed E-state index contributed by atoms with van der Waals surface area (Å²) >= 11 is 0. The molecule has 150 valence electrons. The highest BCUT2D eigenvalue weighted by molar-refractivity contribution is 5.96. The Hall–Kier alpha value is -3.37. The third-order valence-corrected chi connectivity index (χ3v) is 4.82. The summed E-state index contributed by atoms with van der Waals surface area (Å²) in [5.74, 6) is 0.930. The van der Waals surface area contributed by atoms with Crippen LogP contribution in [0.2, 0.25) is 0 Å². The number of carbonyl (C=O) groups is 1. The average Bonchev–Trinajstić information content (AvgIpc) is 3.16. The van der Waals surface area contributed by atoms with Gasteiger partial charge < -0.3 is 25.0 Å². The summed E-state index contributed by atoms with van der Waals surface area (Å²) in [4.78, 5) is 14.4. The molecule has 0 bridgehead atoms. The van der Waals surface area contributed by atoms with Crippen molar-refractivity contribution in [2.24, 2.45) is 0 Å². The lowest BCUT2D eigenvalue weighted by Gasteiger charge is -2.38. The molecule has 2 heterocycles. The van der Waals surface area contributed by atoms with Crippen molar-refractivity contribution in [2.45, 2.75) is 13.0 Å². The molecule has 2 aromatic carbocycles. The maximum Gasteiger partial charge on any atom is 0.254 e. The van der Waals surface area contributed by atoms with Gasteiger partial charge in [0, 0.05) is 23.4 Å². The number of hydrogen-bond donors (Lipinski definition) is 2. The van der Waals surface area contributed by atoms with Crippen LogP contribution in [-0.4, -0.2) is 27.8 Å². The first-order chi connectivity index (χ1) is 13.9. The number of benzene rings is 2. The molecule has 1 aliphatic heterocycles. The normalized spacial score (nSPS) is 13.2. The van der Waals surface area contributed by atoms with Crippen molar-refractivity contribution in [3.05, 3.63) is 81.9 Å². The summed E-state index contributed by atoms with van der Waals surface area (Å²) in [5.41, 5.74) is 1.25. The number of amides is 1. The van der Waals surface area contributed by atoms with Crippen LogP contribution >= 0.6 is 0 Å². The molecule has 2 N–H and O–H groups in total. The maximum absolute atomic E-state index is 12.9. The minimum absolute atomic E-state index is 0.0133. The van der Waals surface area contributed by atoms with Gasteiger partial charge in [-0.2, -0.15) is 0 Å². The predicted octanol–water partition coefficient (Wildman–Crippen LogP) is 3.53. The molecule has 0 aliphatic carbocycles. The molecule has 0 atom stereocenters. The van der Waals surface area contributed by atoms with Crippen molar-refractivity contribution in [3.63, 3.8) is 0 Å². The van der Waals surface area contributed by atoms with E-state index in [-0.39, 0.29) is 23.0 Å². The molecular weight excluding hydrogens is 378 g/mol.